The zero-order valence-electron chi connectivity index (χ0n) is 7.95. The van der Waals surface area contributed by atoms with Crippen molar-refractivity contribution in [1.82, 2.24) is 0 Å². The zero-order chi connectivity index (χ0) is 8.81. The molecule has 0 N–H and O–H groups in total. The minimum atomic E-state index is 0.286. The standard InChI is InChI=1S/C10H15.V/c1-7-6-10(4,5)9(3)8(7)2;/h1-5H3;. The first-order valence-electron chi connectivity index (χ1n) is 3.97. The van der Waals surface area contributed by atoms with Gasteiger partial charge in [-0.05, 0) is 0 Å². The number of rotatable bonds is 0. The van der Waals surface area contributed by atoms with Gasteiger partial charge in [0.05, 0.1) is 0 Å². The molecule has 0 heterocycles. The van der Waals surface area contributed by atoms with E-state index in [9.17, 15) is 0 Å². The summed E-state index contributed by atoms with van der Waals surface area (Å²) in [5.74, 6) is 0. The number of hydrogen-bond donors (Lipinski definition) is 0. The van der Waals surface area contributed by atoms with Crippen LogP contribution in [0.2, 0.25) is 0 Å². The summed E-state index contributed by atoms with van der Waals surface area (Å²) < 4.78 is 1.47. The first kappa shape index (κ1) is 9.15. The van der Waals surface area contributed by atoms with E-state index in [1.165, 1.54) is 21.0 Å². The molecule has 0 saturated carbocycles. The van der Waals surface area contributed by atoms with Gasteiger partial charge < -0.3 is 0 Å². The molecule has 0 aromatic rings. The fraction of sp³-hybridized carbons (Fsp3) is 0.600. The van der Waals surface area contributed by atoms with Gasteiger partial charge >= 0.3 is 78.5 Å². The van der Waals surface area contributed by atoms with Crippen LogP contribution in [0.25, 0.3) is 0 Å². The summed E-state index contributed by atoms with van der Waals surface area (Å²) in [5, 5.41) is 0. The Morgan fingerprint density at radius 3 is 1.55 bits per heavy atom. The van der Waals surface area contributed by atoms with Crippen molar-refractivity contribution in [3.63, 3.8) is 0 Å². The predicted molar refractivity (Wildman–Crippen MR) is 44.9 cm³/mol. The van der Waals surface area contributed by atoms with Crippen LogP contribution in [0.15, 0.2) is 21.0 Å². The fourth-order valence-corrected chi connectivity index (χ4v) is 2.10. The van der Waals surface area contributed by atoms with Crippen LogP contribution in [0.4, 0.5) is 0 Å². The fourth-order valence-electron chi connectivity index (χ4n) is 1.57. The molecule has 1 rings (SSSR count). The Labute approximate surface area is 78.7 Å². The van der Waals surface area contributed by atoms with Crippen molar-refractivity contribution >= 4 is 0 Å². The summed E-state index contributed by atoms with van der Waals surface area (Å²) in [5.41, 5.74) is 4.75. The third-order valence-corrected chi connectivity index (χ3v) is 4.41. The van der Waals surface area contributed by atoms with Gasteiger partial charge in [-0.25, -0.2) is 0 Å². The molecule has 0 aliphatic heterocycles. The summed E-state index contributed by atoms with van der Waals surface area (Å²) >= 11 is 2.71. The quantitative estimate of drug-likeness (QED) is 0.545. The van der Waals surface area contributed by atoms with Gasteiger partial charge in [0.2, 0.25) is 0 Å². The Morgan fingerprint density at radius 2 is 1.45 bits per heavy atom. The van der Waals surface area contributed by atoms with Crippen molar-refractivity contribution in [3.05, 3.63) is 21.0 Å². The van der Waals surface area contributed by atoms with Crippen LogP contribution in [0.5, 0.6) is 0 Å². The molecule has 0 nitrogen and oxygen atoms in total. The van der Waals surface area contributed by atoms with E-state index in [1.54, 1.807) is 0 Å². The Hall–Kier alpha value is 0.0644. The Kier molecular flexibility index (Phi) is 2.11. The molecule has 0 atom stereocenters. The maximum atomic E-state index is 2.71. The molecule has 0 radical (unpaired) electrons. The van der Waals surface area contributed by atoms with Crippen LogP contribution < -0.4 is 0 Å². The summed E-state index contributed by atoms with van der Waals surface area (Å²) in [6.07, 6.45) is 0. The minimum absolute atomic E-state index is 0.286. The van der Waals surface area contributed by atoms with Gasteiger partial charge in [-0.3, -0.25) is 0 Å². The Bertz CT molecular complexity index is 228. The Balaban J connectivity index is 3.27. The van der Waals surface area contributed by atoms with E-state index in [2.05, 4.69) is 52.0 Å². The van der Waals surface area contributed by atoms with E-state index in [1.807, 2.05) is 0 Å². The molecular formula is C10H15V. The first-order chi connectivity index (χ1) is 4.89. The molecule has 0 aromatic carbocycles. The predicted octanol–water partition coefficient (Wildman–Crippen LogP) is 3.18. The van der Waals surface area contributed by atoms with Gasteiger partial charge in [-0.1, -0.05) is 0 Å². The van der Waals surface area contributed by atoms with Crippen molar-refractivity contribution in [2.75, 3.05) is 0 Å². The third kappa shape index (κ3) is 1.13. The molecule has 0 saturated heterocycles. The molecule has 1 heteroatoms. The third-order valence-electron chi connectivity index (χ3n) is 3.01. The average Bonchev–Trinajstić information content (AvgIpc) is 2.06. The van der Waals surface area contributed by atoms with Crippen LogP contribution in [-0.4, -0.2) is 0 Å². The van der Waals surface area contributed by atoms with Crippen LogP contribution in [-0.2, 0) is 17.4 Å². The van der Waals surface area contributed by atoms with Crippen molar-refractivity contribution in [1.29, 1.82) is 0 Å². The van der Waals surface area contributed by atoms with E-state index in [4.69, 9.17) is 0 Å². The van der Waals surface area contributed by atoms with Gasteiger partial charge in [0.15, 0.2) is 0 Å². The average molecular weight is 186 g/mol. The maximum absolute atomic E-state index is 2.71. The van der Waals surface area contributed by atoms with Crippen molar-refractivity contribution in [3.8, 4) is 0 Å². The van der Waals surface area contributed by atoms with E-state index < -0.39 is 0 Å². The second-order valence-corrected chi connectivity index (χ2v) is 4.55. The van der Waals surface area contributed by atoms with Crippen molar-refractivity contribution < 1.29 is 17.4 Å². The van der Waals surface area contributed by atoms with E-state index in [0.29, 0.717) is 0 Å². The second kappa shape index (κ2) is 2.53. The van der Waals surface area contributed by atoms with Crippen molar-refractivity contribution in [2.45, 2.75) is 34.6 Å². The molecule has 0 unspecified atom stereocenters. The monoisotopic (exact) mass is 186 g/mol. The molecule has 0 amide bonds. The first-order valence-corrected chi connectivity index (χ1v) is 4.67. The van der Waals surface area contributed by atoms with Crippen LogP contribution >= 0.6 is 0 Å². The summed E-state index contributed by atoms with van der Waals surface area (Å²) in [6.45, 7) is 11.2. The molecule has 11 heavy (non-hydrogen) atoms. The van der Waals surface area contributed by atoms with Gasteiger partial charge in [0.1, 0.15) is 0 Å². The van der Waals surface area contributed by atoms with Gasteiger partial charge in [-0.2, -0.15) is 0 Å². The van der Waals surface area contributed by atoms with Crippen LogP contribution in [0, 0.1) is 5.41 Å². The van der Waals surface area contributed by atoms with Gasteiger partial charge in [-0.15, -0.1) is 0 Å². The van der Waals surface area contributed by atoms with E-state index in [-0.39, 0.29) is 5.41 Å². The van der Waals surface area contributed by atoms with E-state index in [0.717, 1.165) is 0 Å². The molecule has 1 aliphatic rings. The normalized spacial score (nSPS) is 23.4. The van der Waals surface area contributed by atoms with Crippen molar-refractivity contribution in [2.24, 2.45) is 5.41 Å². The van der Waals surface area contributed by atoms with Crippen LogP contribution in [0.1, 0.15) is 34.6 Å². The Morgan fingerprint density at radius 1 is 1.00 bits per heavy atom. The topological polar surface area (TPSA) is 0 Å². The number of hydrogen-bond acceptors (Lipinski definition) is 0. The molecular weight excluding hydrogens is 171 g/mol. The molecule has 60 valence electrons. The summed E-state index contributed by atoms with van der Waals surface area (Å²) in [6, 6.07) is 0. The van der Waals surface area contributed by atoms with Crippen LogP contribution in [0.3, 0.4) is 0 Å². The molecule has 0 spiro atoms. The van der Waals surface area contributed by atoms with E-state index >= 15 is 0 Å². The second-order valence-electron chi connectivity index (χ2n) is 3.85. The van der Waals surface area contributed by atoms with Gasteiger partial charge in [0.25, 0.3) is 0 Å². The summed E-state index contributed by atoms with van der Waals surface area (Å²) in [4.78, 5) is 0. The number of allylic oxidation sites excluding steroid dienone is 4. The summed E-state index contributed by atoms with van der Waals surface area (Å²) in [7, 11) is 0. The molecule has 0 fully saturated rings. The SMILES string of the molecule is CC1=C(C)C(C)(C)[C]([V])=C1C. The van der Waals surface area contributed by atoms with Gasteiger partial charge in [0, 0.05) is 0 Å². The molecule has 0 bridgehead atoms. The molecule has 1 aliphatic carbocycles. The molecule has 0 aromatic heterocycles. The zero-order valence-corrected chi connectivity index (χ0v) is 9.34.